The number of aliphatic hydroxyl groups excluding tert-OH is 2. The van der Waals surface area contributed by atoms with Crippen LogP contribution in [0.25, 0.3) is 67.3 Å². The van der Waals surface area contributed by atoms with Gasteiger partial charge in [0.15, 0.2) is 10.1 Å². The maximum Gasteiger partial charge on any atom is 0.485 e. The van der Waals surface area contributed by atoms with E-state index in [2.05, 4.69) is 38.1 Å². The third-order valence-electron chi connectivity index (χ3n) is 9.59. The van der Waals surface area contributed by atoms with Crippen molar-refractivity contribution >= 4 is 10.1 Å². The molecule has 9 nitrogen and oxygen atoms in total. The largest absolute Gasteiger partial charge is 0.741 e. The number of aliphatic hydroxyl groups is 2. The van der Waals surface area contributed by atoms with Gasteiger partial charge in [0.2, 0.25) is 0 Å². The van der Waals surface area contributed by atoms with Crippen LogP contribution < -0.4 is 0 Å². The van der Waals surface area contributed by atoms with Crippen molar-refractivity contribution in [3.8, 4) is 67.3 Å². The molecule has 10 rings (SSSR count). The van der Waals surface area contributed by atoms with Crippen molar-refractivity contribution in [1.82, 2.24) is 19.9 Å². The molecule has 4 aromatic heterocycles. The first-order chi connectivity index (χ1) is 38.3. The van der Waals surface area contributed by atoms with Gasteiger partial charge in [0.1, 0.15) is 0 Å². The zero-order chi connectivity index (χ0) is 58.6. The van der Waals surface area contributed by atoms with Crippen LogP contribution in [-0.4, -0.2) is 62.8 Å². The van der Waals surface area contributed by atoms with Gasteiger partial charge in [-0.05, 0) is 83.4 Å². The average molecular weight is 1400 g/mol. The molecule has 396 valence electrons. The summed E-state index contributed by atoms with van der Waals surface area (Å²) in [7, 11) is -4.09. The average Bonchev–Trinajstić information content (AvgIpc) is 3.50. The molecule has 2 radical (unpaired) electrons. The normalized spacial score (nSPS) is 11.4. The molecular formula is C61H53F3Ir2N4O5S-4. The third-order valence-corrected chi connectivity index (χ3v) is 10.2. The van der Waals surface area contributed by atoms with E-state index in [-0.39, 0.29) is 40.2 Å². The van der Waals surface area contributed by atoms with Crippen LogP contribution in [0, 0.1) is 31.9 Å². The number of hydrogen-bond acceptors (Lipinski definition) is 9. The molecule has 0 bridgehead atoms. The Labute approximate surface area is 479 Å². The molecule has 0 aliphatic heterocycles. The zero-order valence-electron chi connectivity index (χ0n) is 46.6. The fourth-order valence-electron chi connectivity index (χ4n) is 6.16. The molecule has 0 fully saturated rings. The van der Waals surface area contributed by atoms with Gasteiger partial charge < -0.3 is 29.7 Å². The molecule has 2 N–H and O–H groups in total. The monoisotopic (exact) mass is 1400 g/mol. The molecule has 0 saturated carbocycles. The van der Waals surface area contributed by atoms with Crippen molar-refractivity contribution in [1.29, 1.82) is 0 Å². The van der Waals surface area contributed by atoms with Crippen LogP contribution in [0.2, 0.25) is 0 Å². The number of rotatable bonds is 6. The van der Waals surface area contributed by atoms with Gasteiger partial charge >= 0.3 is 5.51 Å². The van der Waals surface area contributed by atoms with E-state index in [9.17, 15) is 13.2 Å². The maximum absolute atomic E-state index is 10.7. The maximum atomic E-state index is 10.7. The first-order valence-corrected chi connectivity index (χ1v) is 23.5. The van der Waals surface area contributed by atoms with E-state index < -0.39 is 29.3 Å². The molecule has 0 spiro atoms. The predicted molar refractivity (Wildman–Crippen MR) is 288 cm³/mol. The van der Waals surface area contributed by atoms with Crippen molar-refractivity contribution in [2.24, 2.45) is 0 Å². The summed E-state index contributed by atoms with van der Waals surface area (Å²) in [6.45, 7) is -4.13. The van der Waals surface area contributed by atoms with Crippen molar-refractivity contribution in [2.75, 3.05) is 14.2 Å². The molecule has 0 saturated heterocycles. The summed E-state index contributed by atoms with van der Waals surface area (Å²) in [4.78, 5) is 17.2. The number of halogens is 3. The van der Waals surface area contributed by atoms with Gasteiger partial charge in [-0.25, -0.2) is 8.42 Å². The van der Waals surface area contributed by atoms with Gasteiger partial charge in [0.05, 0.1) is 5.69 Å². The number of hydrogen-bond donors (Lipinski definition) is 2. The van der Waals surface area contributed by atoms with Crippen LogP contribution in [0.15, 0.2) is 237 Å². The van der Waals surface area contributed by atoms with Crippen LogP contribution >= 0.6 is 0 Å². The second-order valence-corrected chi connectivity index (χ2v) is 15.9. The van der Waals surface area contributed by atoms with Crippen LogP contribution in [0.3, 0.4) is 0 Å². The fourth-order valence-corrected chi connectivity index (χ4v) is 6.16. The van der Waals surface area contributed by atoms with Crippen LogP contribution in [0.4, 0.5) is 13.2 Å². The number of aromatic nitrogens is 4. The van der Waals surface area contributed by atoms with E-state index in [1.165, 1.54) is 0 Å². The molecule has 0 unspecified atom stereocenters. The molecule has 0 aliphatic carbocycles. The van der Waals surface area contributed by atoms with Gasteiger partial charge in [-0.2, -0.15) is 13.2 Å². The summed E-state index contributed by atoms with van der Waals surface area (Å²) in [5, 5.41) is 14.0. The fraction of sp³-hybridized carbons (Fsp3) is 0.0820. The van der Waals surface area contributed by atoms with Crippen molar-refractivity contribution in [3.63, 3.8) is 0 Å². The summed E-state index contributed by atoms with van der Waals surface area (Å²) in [5.41, 5.74) is 6.78. The van der Waals surface area contributed by atoms with Gasteiger partial charge in [-0.3, -0.25) is 4.98 Å². The number of pyridine rings is 4. The van der Waals surface area contributed by atoms with E-state index in [4.69, 9.17) is 31.4 Å². The second kappa shape index (κ2) is 35.2. The Kier molecular flexibility index (Phi) is 25.5. The minimum Gasteiger partial charge on any atom is -0.741 e. The van der Waals surface area contributed by atoms with E-state index in [1.807, 2.05) is 188 Å². The topological polar surface area (TPSA) is 149 Å². The first-order valence-electron chi connectivity index (χ1n) is 25.1. The van der Waals surface area contributed by atoms with Crippen LogP contribution in [0.1, 0.15) is 19.4 Å². The Morgan fingerprint density at radius 2 is 0.763 bits per heavy atom. The second-order valence-electron chi connectivity index (χ2n) is 14.5. The Bertz CT molecular complexity index is 3160. The Morgan fingerprint density at radius 3 is 1.11 bits per heavy atom. The van der Waals surface area contributed by atoms with E-state index in [1.54, 1.807) is 49.1 Å². The summed E-state index contributed by atoms with van der Waals surface area (Å²) in [6, 6.07) is 76.2. The van der Waals surface area contributed by atoms with Crippen molar-refractivity contribution < 1.29 is 84.8 Å². The summed E-state index contributed by atoms with van der Waals surface area (Å²) >= 11 is 0. The molecule has 4 heterocycles. The predicted octanol–water partition coefficient (Wildman–Crippen LogP) is 13.6. The number of nitrogens with zero attached hydrogens (tertiary/aromatic N) is 4. The summed E-state index contributed by atoms with van der Waals surface area (Å²) in [5.74, 6) is 0. The minimum absolute atomic E-state index is 0. The SMILES string of the molecule is CO.CO.O=S(=O)([O-])C(F)(F)F.[2H]C([2H])([2H])c1ccc(-c2ccnc(-c3[c-]cccc3)c2)cc1.[2H]C([2H])([2H])c1ccc(-c2ccnc(-c3ccccc3)c2)cc1.[Ir].[Ir].[c-]1ccccc1-c1ccccn1.[c-]1ccccc1-c1ccccn1. The van der Waals surface area contributed by atoms with Gasteiger partial charge in [-0.1, -0.05) is 120 Å². The minimum atomic E-state index is -6.09. The van der Waals surface area contributed by atoms with Gasteiger partial charge in [0.25, 0.3) is 0 Å². The molecule has 6 aromatic carbocycles. The quantitative estimate of drug-likeness (QED) is 0.0942. The van der Waals surface area contributed by atoms with E-state index in [0.717, 1.165) is 81.5 Å². The number of alkyl halides is 3. The number of benzene rings is 6. The Hall–Kier alpha value is -7.16. The standard InChI is InChI=1S/C18H15N.C18H14N.2C11H8N.CHF3O3S.2CH4O.2Ir/c2*1-14-7-9-15(10-8-14)17-11-12-19-18(13-17)16-5-3-2-4-6-16;2*1-2-6-10(7-3-1)11-8-4-5-9-12-11;2-1(3,4)8(5,6)7;2*1-2;;/h2-13H,1H3;2-5,7-13H,1H3;2*1-6,8-9H;(H,5,6,7);2*2H,1H3;;/q;3*-1;;;;;/p-1/i2*1D3;;;;;;;. The van der Waals surface area contributed by atoms with Gasteiger partial charge in [-0.15, -0.1) is 108 Å². The number of aryl methyl sites for hydroxylation is 2. The smallest absolute Gasteiger partial charge is 0.485 e. The molecule has 0 amide bonds. The van der Waals surface area contributed by atoms with Crippen molar-refractivity contribution in [2.45, 2.75) is 19.2 Å². The molecule has 10 aromatic rings. The van der Waals surface area contributed by atoms with Gasteiger partial charge in [0, 0.05) is 93.0 Å². The van der Waals surface area contributed by atoms with E-state index in [0.29, 0.717) is 11.1 Å². The Balaban J connectivity index is 0.000000357. The summed E-state index contributed by atoms with van der Waals surface area (Å²) < 4.78 is 103. The molecule has 0 aliphatic rings. The molecule has 76 heavy (non-hydrogen) atoms. The van der Waals surface area contributed by atoms with E-state index >= 15 is 0 Å². The first kappa shape index (κ1) is 55.1. The molecule has 15 heteroatoms. The van der Waals surface area contributed by atoms with Crippen molar-refractivity contribution in [3.05, 3.63) is 266 Å². The van der Waals surface area contributed by atoms with Crippen LogP contribution in [0.5, 0.6) is 0 Å². The Morgan fingerprint density at radius 1 is 0.421 bits per heavy atom. The molecule has 0 atom stereocenters. The summed E-state index contributed by atoms with van der Waals surface area (Å²) in [6.07, 6.45) is 7.10. The third kappa shape index (κ3) is 22.4. The van der Waals surface area contributed by atoms with Crippen LogP contribution in [-0.2, 0) is 50.3 Å². The molecular weight excluding hydrogens is 1340 g/mol. The zero-order valence-corrected chi connectivity index (χ0v) is 46.2.